The second-order valence-electron chi connectivity index (χ2n) is 7.46. The lowest BCUT2D eigenvalue weighted by Crippen LogP contribution is -2.33. The first-order valence-corrected chi connectivity index (χ1v) is 10.4. The molecule has 0 radical (unpaired) electrons. The van der Waals surface area contributed by atoms with Crippen LogP contribution < -0.4 is 10.1 Å². The first kappa shape index (κ1) is 20.9. The number of nitrogens with zero attached hydrogens (tertiary/aromatic N) is 3. The zero-order chi connectivity index (χ0) is 21.0. The Labute approximate surface area is 172 Å². The van der Waals surface area contributed by atoms with Gasteiger partial charge in [-0.15, -0.1) is 0 Å². The Morgan fingerprint density at radius 2 is 1.86 bits per heavy atom. The number of fused-ring (bicyclic) bond motifs is 1. The number of carbonyl (C=O) groups is 2. The quantitative estimate of drug-likeness (QED) is 0.771. The molecule has 7 heteroatoms. The Bertz CT molecular complexity index is 867. The molecule has 0 saturated carbocycles. The molecule has 1 aliphatic heterocycles. The zero-order valence-electron chi connectivity index (χ0n) is 17.7. The normalized spacial score (nSPS) is 13.1. The molecule has 1 aromatic heterocycles. The van der Waals surface area contributed by atoms with E-state index in [9.17, 15) is 9.59 Å². The molecule has 1 aliphatic rings. The second-order valence-corrected chi connectivity index (χ2v) is 7.46. The van der Waals surface area contributed by atoms with Gasteiger partial charge in [0.2, 0.25) is 0 Å². The Morgan fingerprint density at radius 1 is 1.17 bits per heavy atom. The fourth-order valence-corrected chi connectivity index (χ4v) is 3.62. The molecular formula is C22H30N4O3. The summed E-state index contributed by atoms with van der Waals surface area (Å²) in [4.78, 5) is 32.1. The minimum atomic E-state index is -0.285. The first-order valence-electron chi connectivity index (χ1n) is 10.4. The van der Waals surface area contributed by atoms with Crippen LogP contribution in [-0.2, 0) is 13.0 Å². The summed E-state index contributed by atoms with van der Waals surface area (Å²) in [6, 6.07) is 7.27. The van der Waals surface area contributed by atoms with Crippen molar-refractivity contribution in [1.29, 1.82) is 0 Å². The molecule has 1 N–H and O–H groups in total. The average Bonchev–Trinajstić information content (AvgIpc) is 3.10. The Hall–Kier alpha value is -2.83. The average molecular weight is 399 g/mol. The van der Waals surface area contributed by atoms with Gasteiger partial charge in [0.15, 0.2) is 11.5 Å². The van der Waals surface area contributed by atoms with Crippen LogP contribution in [0.2, 0.25) is 0 Å². The van der Waals surface area contributed by atoms with Crippen LogP contribution in [0.1, 0.15) is 67.3 Å². The van der Waals surface area contributed by atoms with E-state index in [-0.39, 0.29) is 17.9 Å². The van der Waals surface area contributed by atoms with Gasteiger partial charge in [-0.1, -0.05) is 0 Å². The van der Waals surface area contributed by atoms with Crippen molar-refractivity contribution in [2.24, 2.45) is 0 Å². The van der Waals surface area contributed by atoms with Crippen molar-refractivity contribution in [3.05, 3.63) is 41.5 Å². The van der Waals surface area contributed by atoms with Crippen LogP contribution in [0, 0.1) is 0 Å². The van der Waals surface area contributed by atoms with E-state index >= 15 is 0 Å². The lowest BCUT2D eigenvalue weighted by atomic mass is 10.1. The van der Waals surface area contributed by atoms with Crippen molar-refractivity contribution in [3.8, 4) is 5.75 Å². The van der Waals surface area contributed by atoms with Crippen molar-refractivity contribution in [2.45, 2.75) is 59.6 Å². The molecule has 2 heterocycles. The van der Waals surface area contributed by atoms with E-state index in [1.165, 1.54) is 0 Å². The van der Waals surface area contributed by atoms with Gasteiger partial charge in [-0.05, 0) is 71.2 Å². The SMILES string of the molecule is CCN(CC)C(=O)c1nc(C(=O)Nc2ccc(OC(C)C)cc2)c2n1CCCC2. The number of imidazole rings is 1. The van der Waals surface area contributed by atoms with Crippen LogP contribution in [0.4, 0.5) is 5.69 Å². The molecular weight excluding hydrogens is 368 g/mol. The zero-order valence-corrected chi connectivity index (χ0v) is 17.7. The van der Waals surface area contributed by atoms with E-state index in [0.717, 1.165) is 37.3 Å². The van der Waals surface area contributed by atoms with Gasteiger partial charge in [0.1, 0.15) is 5.75 Å². The molecule has 29 heavy (non-hydrogen) atoms. The minimum absolute atomic E-state index is 0.0919. The largest absolute Gasteiger partial charge is 0.491 e. The molecule has 0 spiro atoms. The summed E-state index contributed by atoms with van der Waals surface area (Å²) in [5, 5.41) is 2.90. The Morgan fingerprint density at radius 3 is 2.48 bits per heavy atom. The molecule has 0 unspecified atom stereocenters. The maximum atomic E-state index is 13.0. The van der Waals surface area contributed by atoms with Gasteiger partial charge in [-0.3, -0.25) is 9.59 Å². The van der Waals surface area contributed by atoms with Crippen molar-refractivity contribution in [3.63, 3.8) is 0 Å². The van der Waals surface area contributed by atoms with Gasteiger partial charge in [-0.25, -0.2) is 4.98 Å². The van der Waals surface area contributed by atoms with E-state index in [1.807, 2.05) is 44.4 Å². The Kier molecular flexibility index (Phi) is 6.56. The maximum absolute atomic E-state index is 13.0. The molecule has 0 aliphatic carbocycles. The molecule has 0 saturated heterocycles. The van der Waals surface area contributed by atoms with E-state index < -0.39 is 0 Å². The summed E-state index contributed by atoms with van der Waals surface area (Å²) in [6.45, 7) is 9.78. The highest BCUT2D eigenvalue weighted by Crippen LogP contribution is 2.24. The Balaban J connectivity index is 1.84. The van der Waals surface area contributed by atoms with Gasteiger partial charge >= 0.3 is 0 Å². The monoisotopic (exact) mass is 398 g/mol. The minimum Gasteiger partial charge on any atom is -0.491 e. The summed E-state index contributed by atoms with van der Waals surface area (Å²) in [5.41, 5.74) is 1.87. The number of carbonyl (C=O) groups excluding carboxylic acids is 2. The van der Waals surface area contributed by atoms with Crippen molar-refractivity contribution in [1.82, 2.24) is 14.5 Å². The highest BCUT2D eigenvalue weighted by atomic mass is 16.5. The third-order valence-electron chi connectivity index (χ3n) is 5.06. The number of aromatic nitrogens is 2. The van der Waals surface area contributed by atoms with Crippen LogP contribution in [-0.4, -0.2) is 45.5 Å². The van der Waals surface area contributed by atoms with Gasteiger partial charge < -0.3 is 19.5 Å². The third-order valence-corrected chi connectivity index (χ3v) is 5.06. The number of benzene rings is 1. The molecule has 0 fully saturated rings. The highest BCUT2D eigenvalue weighted by Gasteiger charge is 2.29. The number of amides is 2. The standard InChI is InChI=1S/C22H30N4O3/c1-5-25(6-2)22(28)20-24-19(18-9-7-8-14-26(18)20)21(27)23-16-10-12-17(13-11-16)29-15(3)4/h10-13,15H,5-9,14H2,1-4H3,(H,23,27). The molecule has 1 aromatic carbocycles. The van der Waals surface area contributed by atoms with E-state index in [2.05, 4.69) is 10.3 Å². The summed E-state index contributed by atoms with van der Waals surface area (Å²) >= 11 is 0. The van der Waals surface area contributed by atoms with Crippen molar-refractivity contribution in [2.75, 3.05) is 18.4 Å². The van der Waals surface area contributed by atoms with E-state index in [0.29, 0.717) is 30.3 Å². The lowest BCUT2D eigenvalue weighted by molar-refractivity contribution is 0.0754. The summed E-state index contributed by atoms with van der Waals surface area (Å²) in [7, 11) is 0. The van der Waals surface area contributed by atoms with Crippen LogP contribution in [0.5, 0.6) is 5.75 Å². The fraction of sp³-hybridized carbons (Fsp3) is 0.500. The van der Waals surface area contributed by atoms with Crippen LogP contribution in [0.15, 0.2) is 24.3 Å². The highest BCUT2D eigenvalue weighted by molar-refractivity contribution is 6.05. The first-order chi connectivity index (χ1) is 13.9. The predicted octanol–water partition coefficient (Wildman–Crippen LogP) is 3.74. The number of rotatable bonds is 7. The molecule has 0 atom stereocenters. The van der Waals surface area contributed by atoms with Crippen LogP contribution in [0.3, 0.4) is 0 Å². The summed E-state index contributed by atoms with van der Waals surface area (Å²) in [6.07, 6.45) is 2.82. The fourth-order valence-electron chi connectivity index (χ4n) is 3.62. The second kappa shape index (κ2) is 9.11. The number of nitrogens with one attached hydrogen (secondary N) is 1. The van der Waals surface area contributed by atoms with Crippen molar-refractivity contribution >= 4 is 17.5 Å². The number of hydrogen-bond donors (Lipinski definition) is 1. The number of hydrogen-bond acceptors (Lipinski definition) is 4. The molecule has 7 nitrogen and oxygen atoms in total. The lowest BCUT2D eigenvalue weighted by Gasteiger charge is -2.21. The molecule has 3 rings (SSSR count). The van der Waals surface area contributed by atoms with Crippen LogP contribution in [0.25, 0.3) is 0 Å². The van der Waals surface area contributed by atoms with Crippen molar-refractivity contribution < 1.29 is 14.3 Å². The summed E-state index contributed by atoms with van der Waals surface area (Å²) < 4.78 is 7.57. The van der Waals surface area contributed by atoms with Crippen LogP contribution >= 0.6 is 0 Å². The molecule has 2 aromatic rings. The number of anilines is 1. The predicted molar refractivity (Wildman–Crippen MR) is 113 cm³/mol. The molecule has 156 valence electrons. The van der Waals surface area contributed by atoms with E-state index in [4.69, 9.17) is 4.74 Å². The smallest absolute Gasteiger partial charge is 0.289 e. The van der Waals surface area contributed by atoms with E-state index in [1.54, 1.807) is 17.0 Å². The van der Waals surface area contributed by atoms with Gasteiger partial charge in [0.25, 0.3) is 11.8 Å². The molecule has 2 amide bonds. The van der Waals surface area contributed by atoms with Gasteiger partial charge in [0, 0.05) is 25.3 Å². The van der Waals surface area contributed by atoms with Gasteiger partial charge in [-0.2, -0.15) is 0 Å². The number of ether oxygens (including phenoxy) is 1. The topological polar surface area (TPSA) is 76.5 Å². The molecule has 0 bridgehead atoms. The maximum Gasteiger partial charge on any atom is 0.289 e. The van der Waals surface area contributed by atoms with Gasteiger partial charge in [0.05, 0.1) is 11.8 Å². The summed E-state index contributed by atoms with van der Waals surface area (Å²) in [5.74, 6) is 0.720. The third kappa shape index (κ3) is 4.60.